The maximum atomic E-state index is 11.8. The molecule has 0 saturated heterocycles. The Bertz CT molecular complexity index is 773. The lowest BCUT2D eigenvalue weighted by Gasteiger charge is -1.99. The fourth-order valence-electron chi connectivity index (χ4n) is 2.14. The fraction of sp³-hybridized carbons (Fsp3) is 0.214. The highest BCUT2D eigenvalue weighted by Crippen LogP contribution is 2.20. The van der Waals surface area contributed by atoms with E-state index in [0.29, 0.717) is 12.2 Å². The van der Waals surface area contributed by atoms with E-state index < -0.39 is 5.97 Å². The number of nitrogens with zero attached hydrogens (tertiary/aromatic N) is 3. The summed E-state index contributed by atoms with van der Waals surface area (Å²) in [5, 5.41) is 9.03. The maximum absolute atomic E-state index is 11.8. The van der Waals surface area contributed by atoms with Crippen molar-refractivity contribution in [2.24, 2.45) is 0 Å². The van der Waals surface area contributed by atoms with Gasteiger partial charge in [-0.2, -0.15) is 5.10 Å². The van der Waals surface area contributed by atoms with E-state index in [4.69, 9.17) is 9.26 Å². The molecule has 2 aromatic heterocycles. The molecular weight excluding hydrogens is 258 g/mol. The van der Waals surface area contributed by atoms with Crippen molar-refractivity contribution in [3.8, 4) is 0 Å². The van der Waals surface area contributed by atoms with Gasteiger partial charge in [0.1, 0.15) is 11.5 Å². The van der Waals surface area contributed by atoms with Crippen molar-refractivity contribution in [3.63, 3.8) is 0 Å². The molecule has 2 heterocycles. The van der Waals surface area contributed by atoms with Crippen LogP contribution in [0.4, 0.5) is 0 Å². The van der Waals surface area contributed by atoms with Crippen molar-refractivity contribution < 1.29 is 14.1 Å². The van der Waals surface area contributed by atoms with E-state index in [1.54, 1.807) is 4.68 Å². The van der Waals surface area contributed by atoms with Gasteiger partial charge >= 0.3 is 5.97 Å². The number of rotatable bonds is 3. The van der Waals surface area contributed by atoms with Crippen molar-refractivity contribution in [1.82, 2.24) is 14.9 Å². The minimum atomic E-state index is -0.448. The monoisotopic (exact) mass is 271 g/mol. The molecule has 0 N–H and O–H groups in total. The van der Waals surface area contributed by atoms with E-state index in [9.17, 15) is 4.79 Å². The number of carbonyl (C=O) groups is 1. The second kappa shape index (κ2) is 4.80. The Morgan fingerprint density at radius 2 is 2.20 bits per heavy atom. The van der Waals surface area contributed by atoms with Crippen LogP contribution in [0, 0.1) is 6.92 Å². The Morgan fingerprint density at radius 1 is 1.40 bits per heavy atom. The topological polar surface area (TPSA) is 70.2 Å². The number of para-hydroxylation sites is 1. The molecule has 0 aliphatic carbocycles. The van der Waals surface area contributed by atoms with Crippen LogP contribution in [0.3, 0.4) is 0 Å². The summed E-state index contributed by atoms with van der Waals surface area (Å²) in [6.45, 7) is 2.27. The zero-order chi connectivity index (χ0) is 14.1. The highest BCUT2D eigenvalue weighted by atomic mass is 16.5. The number of hydrogen-bond acceptors (Lipinski definition) is 5. The van der Waals surface area contributed by atoms with Crippen LogP contribution in [0.1, 0.15) is 21.9 Å². The summed E-state index contributed by atoms with van der Waals surface area (Å²) in [4.78, 5) is 11.8. The second-order valence-corrected chi connectivity index (χ2v) is 4.44. The molecule has 0 radical (unpaired) electrons. The van der Waals surface area contributed by atoms with Crippen LogP contribution in [-0.4, -0.2) is 28.0 Å². The molecule has 0 unspecified atom stereocenters. The average molecular weight is 271 g/mol. The van der Waals surface area contributed by atoms with Gasteiger partial charge in [-0.3, -0.25) is 4.68 Å². The highest BCUT2D eigenvalue weighted by molar-refractivity contribution is 6.02. The second-order valence-electron chi connectivity index (χ2n) is 4.44. The Kier molecular flexibility index (Phi) is 2.98. The number of ether oxygens (including phenoxy) is 1. The number of benzene rings is 1. The summed E-state index contributed by atoms with van der Waals surface area (Å²) >= 11 is 0. The van der Waals surface area contributed by atoms with Gasteiger partial charge in [0, 0.05) is 11.5 Å². The third kappa shape index (κ3) is 2.05. The first-order valence-electron chi connectivity index (χ1n) is 6.15. The van der Waals surface area contributed by atoms with Gasteiger partial charge in [-0.15, -0.1) is 0 Å². The lowest BCUT2D eigenvalue weighted by molar-refractivity contribution is 0.0595. The molecule has 6 heteroatoms. The smallest absolute Gasteiger partial charge is 0.359 e. The van der Waals surface area contributed by atoms with Gasteiger partial charge in [-0.05, 0) is 13.0 Å². The van der Waals surface area contributed by atoms with E-state index >= 15 is 0 Å². The number of aromatic nitrogens is 3. The molecule has 0 amide bonds. The van der Waals surface area contributed by atoms with Gasteiger partial charge in [0.2, 0.25) is 0 Å². The highest BCUT2D eigenvalue weighted by Gasteiger charge is 2.17. The maximum Gasteiger partial charge on any atom is 0.359 e. The van der Waals surface area contributed by atoms with Crippen LogP contribution in [0.5, 0.6) is 0 Å². The number of carbonyl (C=O) groups excluding carboxylic acids is 1. The van der Waals surface area contributed by atoms with Crippen molar-refractivity contribution in [2.75, 3.05) is 7.11 Å². The first-order chi connectivity index (χ1) is 9.69. The van der Waals surface area contributed by atoms with E-state index in [0.717, 1.165) is 22.4 Å². The summed E-state index contributed by atoms with van der Waals surface area (Å²) in [6, 6.07) is 9.35. The van der Waals surface area contributed by atoms with Crippen molar-refractivity contribution in [1.29, 1.82) is 0 Å². The molecule has 102 valence electrons. The third-order valence-corrected chi connectivity index (χ3v) is 3.03. The lowest BCUT2D eigenvalue weighted by Crippen LogP contribution is -2.06. The summed E-state index contributed by atoms with van der Waals surface area (Å²) in [5.74, 6) is 0.293. The quantitative estimate of drug-likeness (QED) is 0.683. The molecule has 0 saturated carbocycles. The molecule has 0 fully saturated rings. The molecule has 0 spiro atoms. The Hall–Kier alpha value is -2.63. The molecule has 1 aromatic carbocycles. The van der Waals surface area contributed by atoms with Gasteiger partial charge in [0.05, 0.1) is 19.2 Å². The number of esters is 1. The molecule has 3 aromatic rings. The van der Waals surface area contributed by atoms with Gasteiger partial charge in [0.15, 0.2) is 5.69 Å². The Balaban J connectivity index is 2.09. The van der Waals surface area contributed by atoms with Crippen molar-refractivity contribution in [2.45, 2.75) is 13.5 Å². The number of aryl methyl sites for hydroxylation is 1. The number of fused-ring (bicyclic) bond motifs is 1. The third-order valence-electron chi connectivity index (χ3n) is 3.03. The molecule has 0 aliphatic rings. The van der Waals surface area contributed by atoms with Crippen LogP contribution in [-0.2, 0) is 11.3 Å². The van der Waals surface area contributed by atoms with Crippen LogP contribution < -0.4 is 0 Å². The fourth-order valence-corrected chi connectivity index (χ4v) is 2.14. The lowest BCUT2D eigenvalue weighted by atomic mass is 10.2. The summed E-state index contributed by atoms with van der Waals surface area (Å²) < 4.78 is 11.5. The molecule has 0 atom stereocenters. The van der Waals surface area contributed by atoms with E-state index in [2.05, 4.69) is 10.3 Å². The van der Waals surface area contributed by atoms with Crippen LogP contribution in [0.2, 0.25) is 0 Å². The molecular formula is C14H13N3O3. The zero-order valence-corrected chi connectivity index (χ0v) is 11.2. The van der Waals surface area contributed by atoms with E-state index in [-0.39, 0.29) is 0 Å². The first-order valence-corrected chi connectivity index (χ1v) is 6.15. The van der Waals surface area contributed by atoms with Crippen LogP contribution in [0.25, 0.3) is 10.9 Å². The van der Waals surface area contributed by atoms with Gasteiger partial charge in [0.25, 0.3) is 0 Å². The standard InChI is InChI=1S/C14H13N3O3/c1-9-7-10(16-20-9)8-17-12-6-4-3-5-11(12)13(15-17)14(18)19-2/h3-7H,8H2,1-2H3. The Labute approximate surface area is 114 Å². The van der Waals surface area contributed by atoms with Crippen LogP contribution >= 0.6 is 0 Å². The predicted octanol–water partition coefficient (Wildman–Crippen LogP) is 2.17. The summed E-state index contributed by atoms with van der Waals surface area (Å²) in [6.07, 6.45) is 0. The summed E-state index contributed by atoms with van der Waals surface area (Å²) in [7, 11) is 1.34. The predicted molar refractivity (Wildman–Crippen MR) is 71.4 cm³/mol. The minimum Gasteiger partial charge on any atom is -0.464 e. The van der Waals surface area contributed by atoms with Crippen molar-refractivity contribution in [3.05, 3.63) is 47.5 Å². The van der Waals surface area contributed by atoms with Gasteiger partial charge in [-0.25, -0.2) is 4.79 Å². The first kappa shape index (κ1) is 12.4. The van der Waals surface area contributed by atoms with E-state index in [1.165, 1.54) is 7.11 Å². The number of hydrogen-bond donors (Lipinski definition) is 0. The van der Waals surface area contributed by atoms with Gasteiger partial charge in [-0.1, -0.05) is 23.4 Å². The molecule has 0 aliphatic heterocycles. The minimum absolute atomic E-state index is 0.309. The van der Waals surface area contributed by atoms with Crippen LogP contribution in [0.15, 0.2) is 34.9 Å². The largest absolute Gasteiger partial charge is 0.464 e. The molecule has 3 rings (SSSR count). The van der Waals surface area contributed by atoms with Crippen molar-refractivity contribution >= 4 is 16.9 Å². The molecule has 0 bridgehead atoms. The molecule has 6 nitrogen and oxygen atoms in total. The zero-order valence-electron chi connectivity index (χ0n) is 11.2. The SMILES string of the molecule is COC(=O)c1nn(Cc2cc(C)on2)c2ccccc12. The summed E-state index contributed by atoms with van der Waals surface area (Å²) in [5.41, 5.74) is 1.92. The number of methoxy groups -OCH3 is 1. The Morgan fingerprint density at radius 3 is 2.90 bits per heavy atom. The van der Waals surface area contributed by atoms with Gasteiger partial charge < -0.3 is 9.26 Å². The van der Waals surface area contributed by atoms with E-state index in [1.807, 2.05) is 37.3 Å². The normalized spacial score (nSPS) is 10.9. The average Bonchev–Trinajstić information content (AvgIpc) is 3.03. The molecule has 20 heavy (non-hydrogen) atoms.